The monoisotopic (exact) mass is 338 g/mol. The van der Waals surface area contributed by atoms with E-state index in [0.717, 1.165) is 5.56 Å². The summed E-state index contributed by atoms with van der Waals surface area (Å²) in [5.74, 6) is -0.0457. The Morgan fingerprint density at radius 1 is 1.17 bits per heavy atom. The van der Waals surface area contributed by atoms with Crippen LogP contribution in [0.1, 0.15) is 5.56 Å². The van der Waals surface area contributed by atoms with Crippen molar-refractivity contribution >= 4 is 29.3 Å². The van der Waals surface area contributed by atoms with Gasteiger partial charge in [0, 0.05) is 5.03 Å². The number of allylic oxidation sites excluding steroid dienone is 2. The van der Waals surface area contributed by atoms with Crippen LogP contribution in [-0.2, 0) is 4.79 Å². The number of halogens is 1. The fourth-order valence-electron chi connectivity index (χ4n) is 1.97. The van der Waals surface area contributed by atoms with Crippen LogP contribution >= 0.6 is 11.6 Å². The first-order valence-corrected chi connectivity index (χ1v) is 7.50. The van der Waals surface area contributed by atoms with Crippen molar-refractivity contribution in [3.05, 3.63) is 76.8 Å². The van der Waals surface area contributed by atoms with Gasteiger partial charge in [0.25, 0.3) is 5.91 Å². The van der Waals surface area contributed by atoms with Crippen LogP contribution in [0.5, 0.6) is 5.75 Å². The lowest BCUT2D eigenvalue weighted by Gasteiger charge is -2.09. The molecule has 0 unspecified atom stereocenters. The number of nitriles is 1. The second-order valence-electron chi connectivity index (χ2n) is 4.76. The van der Waals surface area contributed by atoms with E-state index in [1.165, 1.54) is 13.2 Å². The van der Waals surface area contributed by atoms with Gasteiger partial charge in [-0.2, -0.15) is 5.26 Å². The number of benzene rings is 2. The second-order valence-corrected chi connectivity index (χ2v) is 5.20. The summed E-state index contributed by atoms with van der Waals surface area (Å²) < 4.78 is 5.17. The Morgan fingerprint density at radius 3 is 2.50 bits per heavy atom. The van der Waals surface area contributed by atoms with Gasteiger partial charge in [-0.15, -0.1) is 0 Å². The SMILES string of the molecule is COc1ccccc1NC(=O)/C(C#N)=C/C(Cl)=C/c1ccccc1. The van der Waals surface area contributed by atoms with Crippen LogP contribution in [0.25, 0.3) is 6.08 Å². The first-order chi connectivity index (χ1) is 11.6. The van der Waals surface area contributed by atoms with Crippen LogP contribution in [0, 0.1) is 11.3 Å². The summed E-state index contributed by atoms with van der Waals surface area (Å²) in [5, 5.41) is 12.1. The molecule has 0 atom stereocenters. The Morgan fingerprint density at radius 2 is 1.83 bits per heavy atom. The van der Waals surface area contributed by atoms with Gasteiger partial charge in [-0.1, -0.05) is 54.1 Å². The first kappa shape index (κ1) is 17.3. The van der Waals surface area contributed by atoms with Crippen molar-refractivity contribution in [2.24, 2.45) is 0 Å². The second kappa shape index (κ2) is 8.56. The normalized spacial score (nSPS) is 11.5. The van der Waals surface area contributed by atoms with Gasteiger partial charge in [0.1, 0.15) is 17.4 Å². The minimum absolute atomic E-state index is 0.0990. The number of carbonyl (C=O) groups excluding carboxylic acids is 1. The molecule has 0 spiro atoms. The van der Waals surface area contributed by atoms with Crippen molar-refractivity contribution in [2.75, 3.05) is 12.4 Å². The average Bonchev–Trinajstić information content (AvgIpc) is 2.61. The van der Waals surface area contributed by atoms with E-state index in [-0.39, 0.29) is 10.6 Å². The number of para-hydroxylation sites is 2. The van der Waals surface area contributed by atoms with E-state index < -0.39 is 5.91 Å². The Labute approximate surface area is 145 Å². The Kier molecular flexibility index (Phi) is 6.18. The number of hydrogen-bond donors (Lipinski definition) is 1. The molecule has 2 rings (SSSR count). The van der Waals surface area contributed by atoms with E-state index in [2.05, 4.69) is 5.32 Å². The number of amides is 1. The molecule has 0 aliphatic rings. The standard InChI is InChI=1S/C19H15ClN2O2/c1-24-18-10-6-5-9-17(18)22-19(23)15(13-21)12-16(20)11-14-7-3-2-4-8-14/h2-12H,1H3,(H,22,23)/b15-12+,16-11-. The highest BCUT2D eigenvalue weighted by atomic mass is 35.5. The molecule has 1 amide bonds. The zero-order valence-corrected chi connectivity index (χ0v) is 13.7. The summed E-state index contributed by atoms with van der Waals surface area (Å²) in [6.45, 7) is 0. The van der Waals surface area contributed by atoms with Gasteiger partial charge < -0.3 is 10.1 Å². The number of nitrogens with one attached hydrogen (secondary N) is 1. The summed E-state index contributed by atoms with van der Waals surface area (Å²) in [4.78, 5) is 12.3. The van der Waals surface area contributed by atoms with Crippen LogP contribution in [-0.4, -0.2) is 13.0 Å². The summed E-state index contributed by atoms with van der Waals surface area (Å²) >= 11 is 6.12. The smallest absolute Gasteiger partial charge is 0.266 e. The molecule has 5 heteroatoms. The largest absolute Gasteiger partial charge is 0.495 e. The van der Waals surface area contributed by atoms with Crippen molar-refractivity contribution in [3.63, 3.8) is 0 Å². The molecule has 2 aromatic rings. The number of anilines is 1. The van der Waals surface area contributed by atoms with Crippen molar-refractivity contribution in [1.29, 1.82) is 5.26 Å². The Hall–Kier alpha value is -3.03. The molecular formula is C19H15ClN2O2. The Balaban J connectivity index is 2.20. The van der Waals surface area contributed by atoms with E-state index in [0.29, 0.717) is 11.4 Å². The third-order valence-electron chi connectivity index (χ3n) is 3.11. The number of nitrogens with zero attached hydrogens (tertiary/aromatic N) is 1. The van der Waals surface area contributed by atoms with E-state index in [9.17, 15) is 10.1 Å². The molecule has 120 valence electrons. The van der Waals surface area contributed by atoms with Crippen molar-refractivity contribution in [3.8, 4) is 11.8 Å². The molecule has 0 saturated carbocycles. The van der Waals surface area contributed by atoms with Crippen LogP contribution < -0.4 is 10.1 Å². The lowest BCUT2D eigenvalue weighted by atomic mass is 10.2. The van der Waals surface area contributed by atoms with E-state index in [1.54, 1.807) is 30.3 Å². The molecule has 2 aromatic carbocycles. The van der Waals surface area contributed by atoms with E-state index in [4.69, 9.17) is 16.3 Å². The third kappa shape index (κ3) is 4.73. The molecule has 0 aliphatic carbocycles. The van der Waals surface area contributed by atoms with Crippen LogP contribution in [0.15, 0.2) is 71.3 Å². The maximum atomic E-state index is 12.3. The lowest BCUT2D eigenvalue weighted by Crippen LogP contribution is -2.14. The van der Waals surface area contributed by atoms with Crippen molar-refractivity contribution in [1.82, 2.24) is 0 Å². The highest BCUT2D eigenvalue weighted by Gasteiger charge is 2.12. The van der Waals surface area contributed by atoms with Crippen LogP contribution in [0.3, 0.4) is 0 Å². The van der Waals surface area contributed by atoms with Gasteiger partial charge >= 0.3 is 0 Å². The number of ether oxygens (including phenoxy) is 1. The van der Waals surface area contributed by atoms with Gasteiger partial charge in [-0.25, -0.2) is 0 Å². The maximum Gasteiger partial charge on any atom is 0.266 e. The van der Waals surface area contributed by atoms with Gasteiger partial charge in [-0.3, -0.25) is 4.79 Å². The van der Waals surface area contributed by atoms with Gasteiger partial charge in [0.2, 0.25) is 0 Å². The van der Waals surface area contributed by atoms with E-state index >= 15 is 0 Å². The summed E-state index contributed by atoms with van der Waals surface area (Å²) in [7, 11) is 1.51. The Bertz CT molecular complexity index is 821. The number of hydrogen-bond acceptors (Lipinski definition) is 3. The maximum absolute atomic E-state index is 12.3. The number of carbonyl (C=O) groups is 1. The van der Waals surface area contributed by atoms with Gasteiger partial charge in [0.05, 0.1) is 12.8 Å². The quantitative estimate of drug-likeness (QED) is 0.500. The molecule has 0 aromatic heterocycles. The van der Waals surface area contributed by atoms with E-state index in [1.807, 2.05) is 36.4 Å². The van der Waals surface area contributed by atoms with Crippen LogP contribution in [0.4, 0.5) is 5.69 Å². The van der Waals surface area contributed by atoms with Crippen molar-refractivity contribution < 1.29 is 9.53 Å². The number of rotatable bonds is 5. The summed E-state index contributed by atoms with van der Waals surface area (Å²) in [6.07, 6.45) is 3.01. The predicted molar refractivity (Wildman–Crippen MR) is 95.6 cm³/mol. The zero-order chi connectivity index (χ0) is 17.4. The molecule has 0 saturated heterocycles. The summed E-state index contributed by atoms with van der Waals surface area (Å²) in [6, 6.07) is 18.2. The van der Waals surface area contributed by atoms with Crippen LogP contribution in [0.2, 0.25) is 0 Å². The fourth-order valence-corrected chi connectivity index (χ4v) is 2.21. The molecule has 0 bridgehead atoms. The highest BCUT2D eigenvalue weighted by Crippen LogP contribution is 2.23. The first-order valence-electron chi connectivity index (χ1n) is 7.12. The molecule has 0 fully saturated rings. The molecule has 0 aliphatic heterocycles. The molecule has 0 radical (unpaired) electrons. The molecule has 24 heavy (non-hydrogen) atoms. The number of methoxy groups -OCH3 is 1. The van der Waals surface area contributed by atoms with Crippen molar-refractivity contribution in [2.45, 2.75) is 0 Å². The molecular weight excluding hydrogens is 324 g/mol. The summed E-state index contributed by atoms with van der Waals surface area (Å²) in [5.41, 5.74) is 1.26. The molecule has 0 heterocycles. The predicted octanol–water partition coefficient (Wildman–Crippen LogP) is 4.36. The molecule has 1 N–H and O–H groups in total. The average molecular weight is 339 g/mol. The van der Waals surface area contributed by atoms with Gasteiger partial charge in [-0.05, 0) is 29.8 Å². The molecule has 4 nitrogen and oxygen atoms in total. The third-order valence-corrected chi connectivity index (χ3v) is 3.32. The van der Waals surface area contributed by atoms with Gasteiger partial charge in [0.15, 0.2) is 0 Å². The fraction of sp³-hybridized carbons (Fsp3) is 0.0526. The minimum Gasteiger partial charge on any atom is -0.495 e. The minimum atomic E-state index is -0.554. The topological polar surface area (TPSA) is 62.1 Å². The zero-order valence-electron chi connectivity index (χ0n) is 13.0. The highest BCUT2D eigenvalue weighted by molar-refractivity contribution is 6.33. The lowest BCUT2D eigenvalue weighted by molar-refractivity contribution is -0.112.